The number of carboxylic acid groups (broad SMARTS) is 1. The van der Waals surface area contributed by atoms with Gasteiger partial charge in [0, 0.05) is 31.5 Å². The van der Waals surface area contributed by atoms with E-state index in [4.69, 9.17) is 5.11 Å². The summed E-state index contributed by atoms with van der Waals surface area (Å²) in [5, 5.41) is 8.93. The van der Waals surface area contributed by atoms with Gasteiger partial charge in [0.15, 0.2) is 0 Å². The Bertz CT molecular complexity index is 482. The Labute approximate surface area is 132 Å². The van der Waals surface area contributed by atoms with E-state index in [0.717, 1.165) is 32.1 Å². The minimum absolute atomic E-state index is 0.0729. The zero-order valence-electron chi connectivity index (χ0n) is 13.8. The first-order valence-electron chi connectivity index (χ1n) is 7.98. The lowest BCUT2D eigenvalue weighted by atomic mass is 9.71. The van der Waals surface area contributed by atoms with Crippen LogP contribution in [0.4, 0.5) is 4.79 Å². The zero-order valence-corrected chi connectivity index (χ0v) is 13.8. The summed E-state index contributed by atoms with van der Waals surface area (Å²) in [6, 6.07) is 4.18. The van der Waals surface area contributed by atoms with E-state index in [1.165, 1.54) is 10.5 Å². The van der Waals surface area contributed by atoms with Gasteiger partial charge in [-0.15, -0.1) is 0 Å². The van der Waals surface area contributed by atoms with Gasteiger partial charge < -0.3 is 10.0 Å². The Kier molecular flexibility index (Phi) is 5.40. The van der Waals surface area contributed by atoms with E-state index >= 15 is 0 Å². The monoisotopic (exact) mass is 305 g/mol. The lowest BCUT2D eigenvalue weighted by molar-refractivity contribution is 0.0722. The molecule has 1 amide bonds. The molecule has 5 nitrogen and oxygen atoms in total. The fourth-order valence-corrected chi connectivity index (χ4v) is 3.55. The van der Waals surface area contributed by atoms with Gasteiger partial charge in [-0.3, -0.25) is 9.88 Å². The van der Waals surface area contributed by atoms with Crippen molar-refractivity contribution in [3.05, 3.63) is 30.1 Å². The van der Waals surface area contributed by atoms with Crippen LogP contribution < -0.4 is 0 Å². The largest absolute Gasteiger partial charge is 0.465 e. The minimum Gasteiger partial charge on any atom is -0.465 e. The van der Waals surface area contributed by atoms with Gasteiger partial charge in [-0.2, -0.15) is 0 Å². The summed E-state index contributed by atoms with van der Waals surface area (Å²) in [6.45, 7) is 0.627. The third-order valence-electron chi connectivity index (χ3n) is 5.19. The second-order valence-electron chi connectivity index (χ2n) is 6.60. The van der Waals surface area contributed by atoms with Gasteiger partial charge in [0.2, 0.25) is 0 Å². The van der Waals surface area contributed by atoms with Gasteiger partial charge in [0.05, 0.1) is 0 Å². The molecule has 0 unspecified atom stereocenters. The predicted octanol–water partition coefficient (Wildman–Crippen LogP) is 3.03. The zero-order chi connectivity index (χ0) is 16.2. The molecule has 0 radical (unpaired) electrons. The molecule has 1 aliphatic carbocycles. The normalized spacial score (nSPS) is 25.2. The van der Waals surface area contributed by atoms with Crippen molar-refractivity contribution >= 4 is 6.09 Å². The molecule has 0 aliphatic heterocycles. The Morgan fingerprint density at radius 1 is 1.36 bits per heavy atom. The summed E-state index contributed by atoms with van der Waals surface area (Å²) in [4.78, 5) is 18.9. The van der Waals surface area contributed by atoms with Gasteiger partial charge >= 0.3 is 6.09 Å². The van der Waals surface area contributed by atoms with E-state index < -0.39 is 6.09 Å². The van der Waals surface area contributed by atoms with E-state index in [0.29, 0.717) is 12.5 Å². The molecule has 0 aromatic carbocycles. The lowest BCUT2D eigenvalue weighted by Gasteiger charge is -2.45. The average molecular weight is 305 g/mol. The maximum Gasteiger partial charge on any atom is 0.407 e. The Hall–Kier alpha value is -1.62. The molecule has 0 spiro atoms. The van der Waals surface area contributed by atoms with Crippen molar-refractivity contribution in [2.75, 3.05) is 27.7 Å². The van der Waals surface area contributed by atoms with Crippen LogP contribution in [0.5, 0.6) is 0 Å². The highest BCUT2D eigenvalue weighted by atomic mass is 16.4. The lowest BCUT2D eigenvalue weighted by Crippen LogP contribution is -2.44. The van der Waals surface area contributed by atoms with Crippen LogP contribution in [0.3, 0.4) is 0 Å². The van der Waals surface area contributed by atoms with Gasteiger partial charge in [0.1, 0.15) is 0 Å². The van der Waals surface area contributed by atoms with Crippen molar-refractivity contribution in [2.45, 2.75) is 37.6 Å². The number of hydrogen-bond donors (Lipinski definition) is 1. The highest BCUT2D eigenvalue weighted by Crippen LogP contribution is 2.43. The Balaban J connectivity index is 1.98. The van der Waals surface area contributed by atoms with E-state index in [2.05, 4.69) is 30.0 Å². The summed E-state index contributed by atoms with van der Waals surface area (Å²) in [5.74, 6) is 0.617. The van der Waals surface area contributed by atoms with Crippen LogP contribution in [0, 0.1) is 5.92 Å². The molecule has 0 bridgehead atoms. The van der Waals surface area contributed by atoms with Crippen LogP contribution in [0.25, 0.3) is 0 Å². The third-order valence-corrected chi connectivity index (χ3v) is 5.19. The van der Waals surface area contributed by atoms with Gasteiger partial charge in [0.25, 0.3) is 0 Å². The van der Waals surface area contributed by atoms with Crippen molar-refractivity contribution in [1.29, 1.82) is 0 Å². The first-order valence-corrected chi connectivity index (χ1v) is 7.98. The molecular formula is C17H27N3O2. The maximum atomic E-state index is 10.9. The van der Waals surface area contributed by atoms with Crippen LogP contribution in [0.15, 0.2) is 24.5 Å². The maximum absolute atomic E-state index is 10.9. The van der Waals surface area contributed by atoms with Crippen molar-refractivity contribution in [2.24, 2.45) is 5.92 Å². The summed E-state index contributed by atoms with van der Waals surface area (Å²) in [5.41, 5.74) is 1.37. The predicted molar refractivity (Wildman–Crippen MR) is 86.8 cm³/mol. The molecule has 1 heterocycles. The minimum atomic E-state index is -0.839. The molecule has 0 atom stereocenters. The summed E-state index contributed by atoms with van der Waals surface area (Å²) < 4.78 is 0. The third kappa shape index (κ3) is 3.58. The van der Waals surface area contributed by atoms with Crippen molar-refractivity contribution in [3.8, 4) is 0 Å². The number of pyridine rings is 1. The molecule has 2 rings (SSSR count). The summed E-state index contributed by atoms with van der Waals surface area (Å²) in [6.07, 6.45) is 8.41. The van der Waals surface area contributed by atoms with E-state index in [1.807, 2.05) is 18.5 Å². The van der Waals surface area contributed by atoms with Crippen LogP contribution in [0.2, 0.25) is 0 Å². The number of hydrogen-bond acceptors (Lipinski definition) is 3. The first-order chi connectivity index (χ1) is 10.5. The van der Waals surface area contributed by atoms with Gasteiger partial charge in [-0.05, 0) is 63.7 Å². The smallest absolute Gasteiger partial charge is 0.407 e. The second kappa shape index (κ2) is 7.09. The molecule has 1 N–H and O–H groups in total. The SMILES string of the molecule is CN(CCC1CCC(c2cccnc2)(N(C)C)CC1)C(=O)O. The van der Waals surface area contributed by atoms with Crippen LogP contribution in [-0.2, 0) is 5.54 Å². The molecular weight excluding hydrogens is 278 g/mol. The number of carbonyl (C=O) groups is 1. The molecule has 122 valence electrons. The fraction of sp³-hybridized carbons (Fsp3) is 0.647. The topological polar surface area (TPSA) is 56.7 Å². The molecule has 1 aromatic rings. The van der Waals surface area contributed by atoms with Crippen molar-refractivity contribution < 1.29 is 9.90 Å². The van der Waals surface area contributed by atoms with Crippen molar-refractivity contribution in [1.82, 2.24) is 14.8 Å². The summed E-state index contributed by atoms with van der Waals surface area (Å²) in [7, 11) is 5.93. The van der Waals surface area contributed by atoms with Gasteiger partial charge in [-0.1, -0.05) is 6.07 Å². The first kappa shape index (κ1) is 16.7. The molecule has 0 saturated heterocycles. The Morgan fingerprint density at radius 3 is 2.55 bits per heavy atom. The number of nitrogens with zero attached hydrogens (tertiary/aromatic N) is 3. The summed E-state index contributed by atoms with van der Waals surface area (Å²) >= 11 is 0. The number of rotatable bonds is 5. The second-order valence-corrected chi connectivity index (χ2v) is 6.60. The van der Waals surface area contributed by atoms with Gasteiger partial charge in [-0.25, -0.2) is 4.79 Å². The van der Waals surface area contributed by atoms with E-state index in [-0.39, 0.29) is 5.54 Å². The Morgan fingerprint density at radius 2 is 2.05 bits per heavy atom. The van der Waals surface area contributed by atoms with Crippen molar-refractivity contribution in [3.63, 3.8) is 0 Å². The number of amides is 1. The highest BCUT2D eigenvalue weighted by molar-refractivity contribution is 5.64. The van der Waals surface area contributed by atoms with Crippen LogP contribution in [-0.4, -0.2) is 53.7 Å². The van der Waals surface area contributed by atoms with Crippen LogP contribution >= 0.6 is 0 Å². The van der Waals surface area contributed by atoms with Crippen LogP contribution in [0.1, 0.15) is 37.7 Å². The molecule has 1 fully saturated rings. The molecule has 1 aromatic heterocycles. The number of aromatic nitrogens is 1. The molecule has 1 aliphatic rings. The molecule has 1 saturated carbocycles. The molecule has 22 heavy (non-hydrogen) atoms. The highest BCUT2D eigenvalue weighted by Gasteiger charge is 2.38. The standard InChI is InChI=1S/C17H27N3O2/c1-19(2)17(15-5-4-11-18-13-15)9-6-14(7-10-17)8-12-20(3)16(21)22/h4-5,11,13-14H,6-10,12H2,1-3H3,(H,21,22). The molecule has 5 heteroatoms. The quantitative estimate of drug-likeness (QED) is 0.908. The van der Waals surface area contributed by atoms with E-state index in [9.17, 15) is 4.79 Å². The van der Waals surface area contributed by atoms with E-state index in [1.54, 1.807) is 7.05 Å². The fourth-order valence-electron chi connectivity index (χ4n) is 3.55. The average Bonchev–Trinajstić information content (AvgIpc) is 2.53.